The summed E-state index contributed by atoms with van der Waals surface area (Å²) in [4.78, 5) is 137. The predicted molar refractivity (Wildman–Crippen MR) is 292 cm³/mol. The molecule has 0 aliphatic heterocycles. The van der Waals surface area contributed by atoms with Crippen LogP contribution >= 0.6 is 0 Å². The summed E-state index contributed by atoms with van der Waals surface area (Å²) < 4.78 is 2.16. The van der Waals surface area contributed by atoms with E-state index in [0.29, 0.717) is 49.2 Å². The maximum absolute atomic E-state index is 14.2. The van der Waals surface area contributed by atoms with Gasteiger partial charge in [0, 0.05) is 13.0 Å². The molecule has 0 saturated carbocycles. The molecule has 0 aliphatic carbocycles. The molecule has 0 aromatic heterocycles. The summed E-state index contributed by atoms with van der Waals surface area (Å²) in [6.07, 6.45) is -1.91. The van der Waals surface area contributed by atoms with Crippen LogP contribution in [0.2, 0.25) is 0 Å². The van der Waals surface area contributed by atoms with Gasteiger partial charge >= 0.3 is 11.9 Å². The Kier molecular flexibility index (Phi) is 33.7. The highest BCUT2D eigenvalue weighted by atomic mass is 16.4. The second-order valence-electron chi connectivity index (χ2n) is 20.7. The Morgan fingerprint density at radius 1 is 0.532 bits per heavy atom. The van der Waals surface area contributed by atoms with Crippen LogP contribution in [-0.2, 0) is 47.9 Å². The molecular weight excluding hydrogens is 1040 g/mol. The van der Waals surface area contributed by atoms with Crippen LogP contribution in [0, 0.1) is 0 Å². The summed E-state index contributed by atoms with van der Waals surface area (Å²) in [6, 6.07) is -12.9. The molecule has 9 amide bonds. The summed E-state index contributed by atoms with van der Waals surface area (Å²) in [6.45, 7) is 6.27. The predicted octanol–water partition coefficient (Wildman–Crippen LogP) is -7.64. The molecule has 24 N–H and O–H groups in total. The third-order valence-electron chi connectivity index (χ3n) is 12.0. The molecule has 0 rings (SSSR count). The van der Waals surface area contributed by atoms with Gasteiger partial charge in [-0.05, 0) is 105 Å². The minimum absolute atomic E-state index is 0.00958. The number of aliphatic hydroxyl groups excluding tert-OH is 2. The Morgan fingerprint density at radius 3 is 1.41 bits per heavy atom. The number of carbonyl (C=O) groups is 10. The number of nitrogens with two attached hydrogens (primary N) is 6. The van der Waals surface area contributed by atoms with Crippen molar-refractivity contribution in [1.29, 1.82) is 0 Å². The van der Waals surface area contributed by atoms with E-state index in [4.69, 9.17) is 34.4 Å². The minimum Gasteiger partial charge on any atom is -0.480 e. The molecule has 0 unspecified atom stereocenters. The first-order chi connectivity index (χ1) is 36.7. The van der Waals surface area contributed by atoms with Gasteiger partial charge in [0.15, 0.2) is 5.96 Å². The molecule has 0 heterocycles. The molecule has 0 aromatic rings. The van der Waals surface area contributed by atoms with Gasteiger partial charge in [0.2, 0.25) is 53.2 Å². The number of aliphatic carboxylic acids is 1. The van der Waals surface area contributed by atoms with Crippen molar-refractivity contribution in [2.75, 3.05) is 61.4 Å². The highest BCUT2D eigenvalue weighted by Crippen LogP contribution is 2.11. The number of amides is 9. The molecule has 0 aromatic carbocycles. The fourth-order valence-corrected chi connectivity index (χ4v) is 7.32. The standard InChI is InChI=1S/C48H92N18O13/c1-26(50)38(70)58-32(18-14-23-55-47(52)53)42(74)64-37(29(4)68)45(77)61-30(16-11-13-25-66(7,8)9)40(72)60-33(20-21-35(51)69)43(75)63-36(28(3)67)44(76)57-27(2)39(71)59-31(19-15-24-56-48(54)65(5)6)41(73)62-34(46(78)79)17-10-12-22-49/h26-34,36-37,67-68H,10-25,49-50H2,1-9H3,(H16-,51,52,53,54,55,56,57,58,59,60,61,62,63,64,69,70,71,72,73,74,75,76,77,78,79)/p+2/t26-,27-,28+,29+,30-,31-,32-,33-,34-,36-,37-/m0/s1. The first-order valence-electron chi connectivity index (χ1n) is 26.4. The van der Waals surface area contributed by atoms with Crippen molar-refractivity contribution in [2.45, 2.75) is 171 Å². The third-order valence-corrected chi connectivity index (χ3v) is 12.0. The summed E-state index contributed by atoms with van der Waals surface area (Å²) in [5, 5.41) is 53.9. The molecule has 0 aliphatic rings. The second-order valence-corrected chi connectivity index (χ2v) is 20.7. The van der Waals surface area contributed by atoms with Crippen LogP contribution in [0.15, 0.2) is 4.99 Å². The Hall–Kier alpha value is -6.96. The van der Waals surface area contributed by atoms with Crippen LogP contribution in [0.25, 0.3) is 0 Å². The minimum atomic E-state index is -1.81. The summed E-state index contributed by atoms with van der Waals surface area (Å²) in [7, 11) is 9.24. The number of carboxylic acids is 1. The number of carboxylic acid groups (broad SMARTS) is 1. The SMILES string of the molecule is C[C@H](N)C(=O)N[C@@H](CCCN=C(N)N)C(=O)N[C@H](C(=O)N[C@@H](CCCC[N+](C)(C)C)C(=O)N[C@@H](CCC(N)=O)C(=O)N[C@H](C(=O)N[C@@H](C)C(=O)N[C@@H](CCCNC(N)=[N+](C)C)C(=O)N[C@@H](CCCCN)C(=O)O)[C@@H](C)O)[C@@H](C)O. The van der Waals surface area contributed by atoms with Crippen LogP contribution in [0.3, 0.4) is 0 Å². The number of unbranched alkanes of at least 4 members (excludes halogenated alkanes) is 2. The zero-order chi connectivity index (χ0) is 60.7. The Bertz CT molecular complexity index is 2080. The van der Waals surface area contributed by atoms with Crippen LogP contribution in [0.4, 0.5) is 0 Å². The number of aliphatic hydroxyl groups is 2. The lowest BCUT2D eigenvalue weighted by atomic mass is 10.0. The van der Waals surface area contributed by atoms with E-state index < -0.39 is 139 Å². The second kappa shape index (κ2) is 37.0. The normalized spacial score (nSPS) is 15.4. The topological polar surface area (TPSA) is 511 Å². The Morgan fingerprint density at radius 2 is 0.949 bits per heavy atom. The molecule has 0 saturated heterocycles. The summed E-state index contributed by atoms with van der Waals surface area (Å²) >= 11 is 0. The fraction of sp³-hybridized carbons (Fsp3) is 0.750. The van der Waals surface area contributed by atoms with E-state index in [-0.39, 0.29) is 57.6 Å². The number of carbonyl (C=O) groups excluding carboxylic acids is 9. The van der Waals surface area contributed by atoms with Crippen LogP contribution in [-0.4, -0.2) is 223 Å². The Balaban J connectivity index is 6.69. The van der Waals surface area contributed by atoms with E-state index >= 15 is 0 Å². The van der Waals surface area contributed by atoms with Crippen molar-refractivity contribution in [3.8, 4) is 0 Å². The zero-order valence-corrected chi connectivity index (χ0v) is 47.4. The van der Waals surface area contributed by atoms with Crippen molar-refractivity contribution >= 4 is 71.1 Å². The molecule has 0 fully saturated rings. The van der Waals surface area contributed by atoms with E-state index in [2.05, 4.69) is 52.8 Å². The third kappa shape index (κ3) is 30.7. The number of nitrogens with one attached hydrogen (secondary N) is 9. The highest BCUT2D eigenvalue weighted by molar-refractivity contribution is 5.98. The molecule has 0 spiro atoms. The Labute approximate surface area is 462 Å². The molecule has 31 heteroatoms. The molecule has 0 bridgehead atoms. The van der Waals surface area contributed by atoms with Gasteiger partial charge in [0.1, 0.15) is 48.3 Å². The number of nitrogens with zero attached hydrogens (tertiary/aromatic N) is 3. The van der Waals surface area contributed by atoms with Crippen molar-refractivity contribution < 1.29 is 72.3 Å². The van der Waals surface area contributed by atoms with Gasteiger partial charge in [0.25, 0.3) is 0 Å². The smallest absolute Gasteiger partial charge is 0.342 e. The number of hydrogen-bond acceptors (Lipinski definition) is 15. The van der Waals surface area contributed by atoms with Gasteiger partial charge in [-0.3, -0.25) is 63.8 Å². The maximum atomic E-state index is 14.2. The lowest BCUT2D eigenvalue weighted by Gasteiger charge is -2.29. The summed E-state index contributed by atoms with van der Waals surface area (Å²) in [5.41, 5.74) is 33.4. The van der Waals surface area contributed by atoms with Crippen molar-refractivity contribution in [1.82, 2.24) is 47.9 Å². The molecule has 11 atom stereocenters. The summed E-state index contributed by atoms with van der Waals surface area (Å²) in [5.74, 6) is -9.59. The first kappa shape index (κ1) is 72.0. The van der Waals surface area contributed by atoms with Crippen molar-refractivity contribution in [3.05, 3.63) is 0 Å². The van der Waals surface area contributed by atoms with Gasteiger partial charge in [-0.1, -0.05) is 0 Å². The zero-order valence-electron chi connectivity index (χ0n) is 47.4. The monoisotopic (exact) mass is 1130 g/mol. The van der Waals surface area contributed by atoms with Gasteiger partial charge in [-0.25, -0.2) is 4.79 Å². The van der Waals surface area contributed by atoms with E-state index in [1.807, 2.05) is 21.1 Å². The molecule has 452 valence electrons. The molecule has 79 heavy (non-hydrogen) atoms. The molecule has 0 radical (unpaired) electrons. The maximum Gasteiger partial charge on any atom is 0.342 e. The van der Waals surface area contributed by atoms with Gasteiger partial charge in [-0.2, -0.15) is 0 Å². The van der Waals surface area contributed by atoms with E-state index in [1.54, 1.807) is 18.7 Å². The van der Waals surface area contributed by atoms with Gasteiger partial charge < -0.3 is 91.0 Å². The number of guanidine groups is 2. The van der Waals surface area contributed by atoms with Crippen molar-refractivity contribution in [3.63, 3.8) is 0 Å². The lowest BCUT2D eigenvalue weighted by Crippen LogP contribution is -2.62. The number of quaternary nitrogens is 1. The largest absolute Gasteiger partial charge is 0.480 e. The van der Waals surface area contributed by atoms with Crippen LogP contribution in [0.1, 0.15) is 105 Å². The lowest BCUT2D eigenvalue weighted by molar-refractivity contribution is -0.870. The quantitative estimate of drug-likeness (QED) is 0.00894. The van der Waals surface area contributed by atoms with E-state index in [9.17, 15) is 63.3 Å². The number of primary amides is 1. The van der Waals surface area contributed by atoms with Gasteiger partial charge in [0.05, 0.1) is 66.6 Å². The highest BCUT2D eigenvalue weighted by Gasteiger charge is 2.36. The van der Waals surface area contributed by atoms with Crippen molar-refractivity contribution in [2.24, 2.45) is 39.4 Å². The van der Waals surface area contributed by atoms with Crippen LogP contribution in [0.5, 0.6) is 0 Å². The fourth-order valence-electron chi connectivity index (χ4n) is 7.32. The van der Waals surface area contributed by atoms with Gasteiger partial charge in [-0.15, -0.1) is 0 Å². The van der Waals surface area contributed by atoms with E-state index in [1.165, 1.54) is 20.8 Å². The number of rotatable bonds is 39. The number of aliphatic imine (C=N–C) groups is 1. The first-order valence-corrected chi connectivity index (χ1v) is 26.4. The average Bonchev–Trinajstić information content (AvgIpc) is 3.34. The number of hydrogen-bond donors (Lipinski definition) is 18. The molecule has 31 nitrogen and oxygen atoms in total. The van der Waals surface area contributed by atoms with E-state index in [0.717, 1.165) is 6.92 Å². The average molecular weight is 1130 g/mol. The van der Waals surface area contributed by atoms with Crippen LogP contribution < -0.4 is 82.3 Å². The molecular formula is C48H94N18O13+2.